The second-order valence-electron chi connectivity index (χ2n) is 4.58. The molecule has 0 aliphatic rings. The van der Waals surface area contributed by atoms with Crippen molar-refractivity contribution in [3.63, 3.8) is 0 Å². The van der Waals surface area contributed by atoms with Gasteiger partial charge in [0.1, 0.15) is 12.1 Å². The van der Waals surface area contributed by atoms with Gasteiger partial charge in [-0.15, -0.1) is 0 Å². The highest BCUT2D eigenvalue weighted by Gasteiger charge is 2.16. The molecule has 96 valence electrons. The number of nitrogens with one attached hydrogen (secondary N) is 1. The Bertz CT molecular complexity index is 492. The third-order valence-electron chi connectivity index (χ3n) is 2.80. The lowest BCUT2D eigenvalue weighted by molar-refractivity contribution is 0.844. The minimum atomic E-state index is 0.403. The van der Waals surface area contributed by atoms with E-state index >= 15 is 0 Å². The van der Waals surface area contributed by atoms with Gasteiger partial charge in [0, 0.05) is 23.1 Å². The summed E-state index contributed by atoms with van der Waals surface area (Å²) in [6.45, 7) is 7.47. The van der Waals surface area contributed by atoms with E-state index in [0.29, 0.717) is 5.92 Å². The summed E-state index contributed by atoms with van der Waals surface area (Å²) in [4.78, 5) is 8.86. The summed E-state index contributed by atoms with van der Waals surface area (Å²) >= 11 is 1.70. The van der Waals surface area contributed by atoms with E-state index in [1.54, 1.807) is 17.7 Å². The summed E-state index contributed by atoms with van der Waals surface area (Å²) in [5, 5.41) is 7.62. The molecule has 0 spiro atoms. The second-order valence-corrected chi connectivity index (χ2v) is 5.36. The van der Waals surface area contributed by atoms with Crippen molar-refractivity contribution in [2.45, 2.75) is 33.1 Å². The molecule has 0 fully saturated rings. The van der Waals surface area contributed by atoms with Crippen molar-refractivity contribution >= 4 is 17.2 Å². The van der Waals surface area contributed by atoms with Crippen molar-refractivity contribution in [1.82, 2.24) is 9.97 Å². The van der Waals surface area contributed by atoms with Crippen molar-refractivity contribution in [3.05, 3.63) is 28.7 Å². The van der Waals surface area contributed by atoms with E-state index in [9.17, 15) is 0 Å². The SMILES string of the molecule is CCCNc1ncnc(-c2ccsc2)c1C(C)C. The van der Waals surface area contributed by atoms with E-state index in [-0.39, 0.29) is 0 Å². The van der Waals surface area contributed by atoms with E-state index in [2.05, 4.69) is 52.9 Å². The molecule has 0 radical (unpaired) electrons. The Morgan fingerprint density at radius 1 is 1.33 bits per heavy atom. The molecule has 0 aliphatic carbocycles. The van der Waals surface area contributed by atoms with E-state index in [1.165, 1.54) is 11.1 Å². The summed E-state index contributed by atoms with van der Waals surface area (Å²) < 4.78 is 0. The van der Waals surface area contributed by atoms with Crippen molar-refractivity contribution < 1.29 is 0 Å². The molecule has 1 N–H and O–H groups in total. The number of hydrogen-bond acceptors (Lipinski definition) is 4. The molecule has 18 heavy (non-hydrogen) atoms. The zero-order valence-corrected chi connectivity index (χ0v) is 11.9. The maximum atomic E-state index is 4.47. The molecule has 0 atom stereocenters. The highest BCUT2D eigenvalue weighted by Crippen LogP contribution is 2.32. The van der Waals surface area contributed by atoms with Crippen molar-refractivity contribution in [2.24, 2.45) is 0 Å². The number of hydrogen-bond donors (Lipinski definition) is 1. The minimum absolute atomic E-state index is 0.403. The van der Waals surface area contributed by atoms with Gasteiger partial charge in [-0.25, -0.2) is 9.97 Å². The predicted molar refractivity (Wildman–Crippen MR) is 78.2 cm³/mol. The minimum Gasteiger partial charge on any atom is -0.370 e. The maximum absolute atomic E-state index is 4.47. The van der Waals surface area contributed by atoms with Gasteiger partial charge in [0.15, 0.2) is 0 Å². The summed E-state index contributed by atoms with van der Waals surface area (Å²) in [5.41, 5.74) is 3.45. The molecular weight excluding hydrogens is 242 g/mol. The van der Waals surface area contributed by atoms with Gasteiger partial charge in [-0.2, -0.15) is 11.3 Å². The highest BCUT2D eigenvalue weighted by molar-refractivity contribution is 7.08. The van der Waals surface area contributed by atoms with Gasteiger partial charge in [-0.3, -0.25) is 0 Å². The number of anilines is 1. The van der Waals surface area contributed by atoms with Crippen molar-refractivity contribution in [2.75, 3.05) is 11.9 Å². The topological polar surface area (TPSA) is 37.8 Å². The van der Waals surface area contributed by atoms with Crippen LogP contribution in [0.1, 0.15) is 38.7 Å². The first-order chi connectivity index (χ1) is 8.74. The Labute approximate surface area is 112 Å². The number of rotatable bonds is 5. The van der Waals surface area contributed by atoms with Crippen molar-refractivity contribution in [3.8, 4) is 11.3 Å². The molecule has 3 nitrogen and oxygen atoms in total. The van der Waals surface area contributed by atoms with E-state index < -0.39 is 0 Å². The lowest BCUT2D eigenvalue weighted by Crippen LogP contribution is -2.08. The smallest absolute Gasteiger partial charge is 0.133 e. The zero-order chi connectivity index (χ0) is 13.0. The third kappa shape index (κ3) is 2.70. The molecule has 0 aromatic carbocycles. The summed E-state index contributed by atoms with van der Waals surface area (Å²) in [7, 11) is 0. The van der Waals surface area contributed by atoms with Gasteiger partial charge < -0.3 is 5.32 Å². The van der Waals surface area contributed by atoms with Crippen LogP contribution < -0.4 is 5.32 Å². The molecule has 0 aliphatic heterocycles. The average Bonchev–Trinajstić information content (AvgIpc) is 2.89. The van der Waals surface area contributed by atoms with Crippen LogP contribution in [0.3, 0.4) is 0 Å². The fourth-order valence-electron chi connectivity index (χ4n) is 1.96. The Hall–Kier alpha value is -1.42. The lowest BCUT2D eigenvalue weighted by atomic mass is 9.99. The number of nitrogens with zero attached hydrogens (tertiary/aromatic N) is 2. The number of aromatic nitrogens is 2. The first kappa shape index (κ1) is 13.0. The molecule has 2 aromatic rings. The van der Waals surface area contributed by atoms with Crippen LogP contribution in [0.4, 0.5) is 5.82 Å². The highest BCUT2D eigenvalue weighted by atomic mass is 32.1. The van der Waals surface area contributed by atoms with Crippen LogP contribution in [0.2, 0.25) is 0 Å². The average molecular weight is 261 g/mol. The molecule has 0 bridgehead atoms. The van der Waals surface area contributed by atoms with Crippen LogP contribution in [0, 0.1) is 0 Å². The van der Waals surface area contributed by atoms with Gasteiger partial charge in [0.05, 0.1) is 5.69 Å². The molecule has 2 rings (SSSR count). The van der Waals surface area contributed by atoms with Crippen LogP contribution >= 0.6 is 11.3 Å². The predicted octanol–water partition coefficient (Wildman–Crippen LogP) is 4.15. The van der Waals surface area contributed by atoms with Gasteiger partial charge in [0.25, 0.3) is 0 Å². The van der Waals surface area contributed by atoms with Crippen LogP contribution in [0.25, 0.3) is 11.3 Å². The van der Waals surface area contributed by atoms with Crippen LogP contribution in [-0.2, 0) is 0 Å². The lowest BCUT2D eigenvalue weighted by Gasteiger charge is -2.16. The zero-order valence-electron chi connectivity index (χ0n) is 11.1. The fourth-order valence-corrected chi connectivity index (χ4v) is 2.60. The largest absolute Gasteiger partial charge is 0.370 e. The van der Waals surface area contributed by atoms with E-state index in [1.807, 2.05) is 0 Å². The Balaban J connectivity index is 2.46. The van der Waals surface area contributed by atoms with Gasteiger partial charge in [0.2, 0.25) is 0 Å². The molecule has 0 saturated heterocycles. The van der Waals surface area contributed by atoms with E-state index in [4.69, 9.17) is 0 Å². The maximum Gasteiger partial charge on any atom is 0.133 e. The van der Waals surface area contributed by atoms with Gasteiger partial charge in [-0.1, -0.05) is 20.8 Å². The monoisotopic (exact) mass is 261 g/mol. The normalized spacial score (nSPS) is 10.9. The van der Waals surface area contributed by atoms with Crippen LogP contribution in [0.5, 0.6) is 0 Å². The summed E-state index contributed by atoms with van der Waals surface area (Å²) in [6.07, 6.45) is 2.74. The van der Waals surface area contributed by atoms with Gasteiger partial charge in [-0.05, 0) is 23.8 Å². The molecule has 0 unspecified atom stereocenters. The third-order valence-corrected chi connectivity index (χ3v) is 3.48. The van der Waals surface area contributed by atoms with Crippen LogP contribution in [-0.4, -0.2) is 16.5 Å². The van der Waals surface area contributed by atoms with Crippen LogP contribution in [0.15, 0.2) is 23.2 Å². The fraction of sp³-hybridized carbons (Fsp3) is 0.429. The summed E-state index contributed by atoms with van der Waals surface area (Å²) in [5.74, 6) is 1.38. The first-order valence-corrected chi connectivity index (χ1v) is 7.29. The Morgan fingerprint density at radius 3 is 2.78 bits per heavy atom. The Morgan fingerprint density at radius 2 is 2.17 bits per heavy atom. The second kappa shape index (κ2) is 5.96. The first-order valence-electron chi connectivity index (χ1n) is 6.35. The molecule has 2 aromatic heterocycles. The van der Waals surface area contributed by atoms with Gasteiger partial charge >= 0.3 is 0 Å². The quantitative estimate of drug-likeness (QED) is 0.878. The Kier molecular flexibility index (Phi) is 4.31. The molecule has 2 heterocycles. The molecule has 0 amide bonds. The standard InChI is InChI=1S/C14H19N3S/c1-4-6-15-14-12(10(2)3)13(16-9-17-14)11-5-7-18-8-11/h5,7-10H,4,6H2,1-3H3,(H,15,16,17). The molecule has 0 saturated carbocycles. The number of thiophene rings is 1. The molecular formula is C14H19N3S. The summed E-state index contributed by atoms with van der Waals surface area (Å²) in [6, 6.07) is 2.11. The van der Waals surface area contributed by atoms with Crippen molar-refractivity contribution in [1.29, 1.82) is 0 Å². The molecule has 4 heteroatoms. The van der Waals surface area contributed by atoms with E-state index in [0.717, 1.165) is 24.5 Å².